The predicted molar refractivity (Wildman–Crippen MR) is 174 cm³/mol. The van der Waals surface area contributed by atoms with E-state index in [-0.39, 0.29) is 23.0 Å². The van der Waals surface area contributed by atoms with E-state index in [9.17, 15) is 22.8 Å². The van der Waals surface area contributed by atoms with Gasteiger partial charge in [-0.3, -0.25) is 14.4 Å². The van der Waals surface area contributed by atoms with Crippen LogP contribution in [0.3, 0.4) is 0 Å². The number of anilines is 1. The topological polar surface area (TPSA) is 109 Å². The molecule has 0 spiro atoms. The Kier molecular flexibility index (Phi) is 11.2. The smallest absolute Gasteiger partial charge is 0.264 e. The Bertz CT molecular complexity index is 1680. The van der Waals surface area contributed by atoms with E-state index in [1.54, 1.807) is 37.3 Å². The Balaban J connectivity index is 1.46. The van der Waals surface area contributed by atoms with Crippen LogP contribution >= 0.6 is 0 Å². The summed E-state index contributed by atoms with van der Waals surface area (Å²) in [6, 6.07) is 30.6. The second-order valence-corrected chi connectivity index (χ2v) is 12.5. The number of aryl methyl sites for hydroxylation is 2. The fourth-order valence-electron chi connectivity index (χ4n) is 4.94. The lowest BCUT2D eigenvalue weighted by Crippen LogP contribution is -2.37. The first kappa shape index (κ1) is 32.4. The van der Waals surface area contributed by atoms with Crippen molar-refractivity contribution in [3.63, 3.8) is 0 Å². The SMILES string of the molecule is CCCCC(=O)Nc1ccc(-c2ccc(C(=O)CC(CCc3ccccc3)C(=O)NS(=O)(=O)c3ccccc3C)cc2)cc1. The van der Waals surface area contributed by atoms with Crippen LogP contribution in [-0.4, -0.2) is 26.0 Å². The molecule has 0 saturated heterocycles. The lowest BCUT2D eigenvalue weighted by atomic mass is 9.91. The minimum absolute atomic E-state index is 0.00833. The summed E-state index contributed by atoms with van der Waals surface area (Å²) < 4.78 is 28.3. The van der Waals surface area contributed by atoms with Crippen molar-refractivity contribution >= 4 is 33.3 Å². The van der Waals surface area contributed by atoms with Gasteiger partial charge in [-0.2, -0.15) is 0 Å². The normalized spacial score (nSPS) is 11.9. The molecule has 1 unspecified atom stereocenters. The first-order valence-electron chi connectivity index (χ1n) is 14.9. The van der Waals surface area contributed by atoms with Crippen LogP contribution in [0.15, 0.2) is 108 Å². The van der Waals surface area contributed by atoms with Gasteiger partial charge in [0.2, 0.25) is 11.8 Å². The van der Waals surface area contributed by atoms with Crippen LogP contribution in [0, 0.1) is 12.8 Å². The van der Waals surface area contributed by atoms with E-state index < -0.39 is 21.8 Å². The van der Waals surface area contributed by atoms with E-state index in [4.69, 9.17) is 0 Å². The molecule has 0 aliphatic carbocycles. The van der Waals surface area contributed by atoms with Crippen molar-refractivity contribution in [2.75, 3.05) is 5.32 Å². The van der Waals surface area contributed by atoms with Crippen molar-refractivity contribution in [1.82, 2.24) is 4.72 Å². The van der Waals surface area contributed by atoms with Gasteiger partial charge < -0.3 is 5.32 Å². The highest BCUT2D eigenvalue weighted by Crippen LogP contribution is 2.24. The van der Waals surface area contributed by atoms with Gasteiger partial charge in [-0.05, 0) is 66.6 Å². The van der Waals surface area contributed by atoms with Gasteiger partial charge in [0.15, 0.2) is 5.78 Å². The highest BCUT2D eigenvalue weighted by molar-refractivity contribution is 7.90. The molecule has 7 nitrogen and oxygen atoms in total. The van der Waals surface area contributed by atoms with E-state index in [0.29, 0.717) is 30.4 Å². The molecule has 2 amide bonds. The summed E-state index contributed by atoms with van der Waals surface area (Å²) in [4.78, 5) is 38.7. The number of hydrogen-bond acceptors (Lipinski definition) is 5. The quantitative estimate of drug-likeness (QED) is 0.148. The van der Waals surface area contributed by atoms with Crippen LogP contribution in [0.2, 0.25) is 0 Å². The Morgan fingerprint density at radius 1 is 0.773 bits per heavy atom. The molecule has 228 valence electrons. The number of nitrogens with one attached hydrogen (secondary N) is 2. The molecule has 0 fully saturated rings. The number of unbranched alkanes of at least 4 members (excludes halogenated alkanes) is 1. The molecule has 2 N–H and O–H groups in total. The second kappa shape index (κ2) is 15.3. The number of carbonyl (C=O) groups is 3. The molecule has 1 atom stereocenters. The minimum atomic E-state index is -4.10. The number of ketones is 1. The van der Waals surface area contributed by atoms with Crippen LogP contribution < -0.4 is 10.0 Å². The van der Waals surface area contributed by atoms with Gasteiger partial charge >= 0.3 is 0 Å². The molecule has 4 aromatic carbocycles. The molecule has 0 heterocycles. The van der Waals surface area contributed by atoms with Crippen LogP contribution in [0.5, 0.6) is 0 Å². The third-order valence-electron chi connectivity index (χ3n) is 7.51. The highest BCUT2D eigenvalue weighted by Gasteiger charge is 2.28. The predicted octanol–water partition coefficient (Wildman–Crippen LogP) is 7.12. The first-order chi connectivity index (χ1) is 21.2. The van der Waals surface area contributed by atoms with E-state index >= 15 is 0 Å². The van der Waals surface area contributed by atoms with Crippen LogP contribution in [0.25, 0.3) is 11.1 Å². The molecule has 4 aromatic rings. The maximum Gasteiger partial charge on any atom is 0.264 e. The van der Waals surface area contributed by atoms with E-state index in [2.05, 4.69) is 10.0 Å². The largest absolute Gasteiger partial charge is 0.326 e. The van der Waals surface area contributed by atoms with Gasteiger partial charge in [0, 0.05) is 30.0 Å². The molecule has 4 rings (SSSR count). The summed E-state index contributed by atoms with van der Waals surface area (Å²) in [5.74, 6) is -1.80. The van der Waals surface area contributed by atoms with Crippen LogP contribution in [0.4, 0.5) is 5.69 Å². The van der Waals surface area contributed by atoms with E-state index in [1.807, 2.05) is 73.7 Å². The molecule has 44 heavy (non-hydrogen) atoms. The van der Waals surface area contributed by atoms with Crippen molar-refractivity contribution in [2.45, 2.75) is 57.3 Å². The molecular formula is C36H38N2O5S. The van der Waals surface area contributed by atoms with Gasteiger partial charge in [-0.15, -0.1) is 0 Å². The van der Waals surface area contributed by atoms with Gasteiger partial charge in [0.05, 0.1) is 4.90 Å². The van der Waals surface area contributed by atoms with Gasteiger partial charge in [-0.25, -0.2) is 13.1 Å². The summed E-state index contributed by atoms with van der Waals surface area (Å²) in [5, 5.41) is 2.90. The number of amides is 2. The molecular weight excluding hydrogens is 572 g/mol. The zero-order chi connectivity index (χ0) is 31.5. The Morgan fingerprint density at radius 2 is 1.39 bits per heavy atom. The minimum Gasteiger partial charge on any atom is -0.326 e. The van der Waals surface area contributed by atoms with Crippen molar-refractivity contribution in [1.29, 1.82) is 0 Å². The van der Waals surface area contributed by atoms with Crippen molar-refractivity contribution in [3.8, 4) is 11.1 Å². The number of benzene rings is 4. The Morgan fingerprint density at radius 3 is 2.02 bits per heavy atom. The molecule has 8 heteroatoms. The fraction of sp³-hybridized carbons (Fsp3) is 0.250. The zero-order valence-electron chi connectivity index (χ0n) is 25.1. The van der Waals surface area contributed by atoms with Crippen molar-refractivity contribution in [3.05, 3.63) is 120 Å². The highest BCUT2D eigenvalue weighted by atomic mass is 32.2. The number of sulfonamides is 1. The molecule has 0 aliphatic heterocycles. The monoisotopic (exact) mass is 610 g/mol. The lowest BCUT2D eigenvalue weighted by Gasteiger charge is -2.17. The first-order valence-corrected chi connectivity index (χ1v) is 16.3. The molecule has 0 saturated carbocycles. The fourth-order valence-corrected chi connectivity index (χ4v) is 6.23. The average Bonchev–Trinajstić information content (AvgIpc) is 3.02. The summed E-state index contributed by atoms with van der Waals surface area (Å²) in [6.45, 7) is 3.71. The third-order valence-corrected chi connectivity index (χ3v) is 9.02. The number of carbonyl (C=O) groups excluding carboxylic acids is 3. The number of rotatable bonds is 14. The average molecular weight is 611 g/mol. The van der Waals surface area contributed by atoms with Crippen LogP contribution in [-0.2, 0) is 26.0 Å². The maximum absolute atomic E-state index is 13.4. The Labute approximate surface area is 259 Å². The molecule has 0 bridgehead atoms. The molecule has 0 aromatic heterocycles. The van der Waals surface area contributed by atoms with Crippen molar-refractivity contribution in [2.24, 2.45) is 5.92 Å². The third kappa shape index (κ3) is 8.97. The Hall–Kier alpha value is -4.56. The number of hydrogen-bond donors (Lipinski definition) is 2. The van der Waals surface area contributed by atoms with Gasteiger partial charge in [-0.1, -0.05) is 98.3 Å². The van der Waals surface area contributed by atoms with E-state index in [0.717, 1.165) is 35.2 Å². The summed E-state index contributed by atoms with van der Waals surface area (Å²) in [5.41, 5.74) is 4.51. The van der Waals surface area contributed by atoms with Crippen LogP contribution in [0.1, 0.15) is 60.5 Å². The van der Waals surface area contributed by atoms with E-state index in [1.165, 1.54) is 6.07 Å². The summed E-state index contributed by atoms with van der Waals surface area (Å²) >= 11 is 0. The van der Waals surface area contributed by atoms with Gasteiger partial charge in [0.1, 0.15) is 0 Å². The number of Topliss-reactive ketones (excluding diaryl/α,β-unsaturated/α-hetero) is 1. The second-order valence-electron chi connectivity index (χ2n) is 10.9. The summed E-state index contributed by atoms with van der Waals surface area (Å²) in [7, 11) is -4.10. The maximum atomic E-state index is 13.4. The lowest BCUT2D eigenvalue weighted by molar-refractivity contribution is -0.123. The zero-order valence-corrected chi connectivity index (χ0v) is 25.9. The van der Waals surface area contributed by atoms with Gasteiger partial charge in [0.25, 0.3) is 10.0 Å². The molecule has 0 radical (unpaired) electrons. The van der Waals surface area contributed by atoms with Crippen molar-refractivity contribution < 1.29 is 22.8 Å². The summed E-state index contributed by atoms with van der Waals surface area (Å²) in [6.07, 6.45) is 3.00. The standard InChI is InChI=1S/C36H38N2O5S/c1-3-4-14-35(40)37-32-23-21-29(22-24-32)28-17-19-30(20-18-28)33(39)25-31(16-15-27-11-6-5-7-12-27)36(41)38-44(42,43)34-13-9-8-10-26(34)2/h5-13,17-24,31H,3-4,14-16,25H2,1-2H3,(H,37,40)(H,38,41). The molecule has 0 aliphatic rings.